The van der Waals surface area contributed by atoms with E-state index in [-0.39, 0.29) is 18.4 Å². The molecule has 1 aliphatic carbocycles. The first-order chi connectivity index (χ1) is 6.68. The topological polar surface area (TPSA) is 26.0 Å². The molecular formula is C11H14Cl3N. The van der Waals surface area contributed by atoms with Gasteiger partial charge in [0, 0.05) is 21.7 Å². The molecule has 1 atom stereocenters. The molecule has 0 radical (unpaired) electrons. The predicted octanol–water partition coefficient (Wildman–Crippen LogP) is 4.22. The van der Waals surface area contributed by atoms with Gasteiger partial charge in [-0.05, 0) is 24.5 Å². The third-order valence-corrected chi connectivity index (χ3v) is 3.31. The molecule has 0 aliphatic heterocycles. The Balaban J connectivity index is 0.00000112. The number of nitrogens with two attached hydrogens (primary N) is 1. The quantitative estimate of drug-likeness (QED) is 0.871. The van der Waals surface area contributed by atoms with Crippen molar-refractivity contribution >= 4 is 35.6 Å². The molecule has 1 fully saturated rings. The van der Waals surface area contributed by atoms with Crippen molar-refractivity contribution in [1.82, 2.24) is 0 Å². The van der Waals surface area contributed by atoms with Gasteiger partial charge in [-0.2, -0.15) is 0 Å². The Kier molecular flexibility index (Phi) is 4.72. The second-order valence-corrected chi connectivity index (χ2v) is 4.74. The van der Waals surface area contributed by atoms with Crippen molar-refractivity contribution in [3.05, 3.63) is 33.8 Å². The highest BCUT2D eigenvalue weighted by Crippen LogP contribution is 2.39. The van der Waals surface area contributed by atoms with Gasteiger partial charge < -0.3 is 5.73 Å². The average Bonchev–Trinajstić information content (AvgIpc) is 2.87. The van der Waals surface area contributed by atoms with Gasteiger partial charge in [-0.15, -0.1) is 12.4 Å². The Morgan fingerprint density at radius 1 is 1.27 bits per heavy atom. The normalized spacial score (nSPS) is 17.0. The fraction of sp³-hybridized carbons (Fsp3) is 0.455. The first kappa shape index (κ1) is 13.1. The van der Waals surface area contributed by atoms with E-state index >= 15 is 0 Å². The molecule has 1 aromatic rings. The van der Waals surface area contributed by atoms with Crippen molar-refractivity contribution in [2.45, 2.75) is 25.3 Å². The van der Waals surface area contributed by atoms with Crippen LogP contribution in [-0.2, 0) is 0 Å². The number of hydrogen-bond donors (Lipinski definition) is 1. The Morgan fingerprint density at radius 3 is 2.27 bits per heavy atom. The van der Waals surface area contributed by atoms with Crippen LogP contribution < -0.4 is 5.73 Å². The summed E-state index contributed by atoms with van der Waals surface area (Å²) in [6.07, 6.45) is 3.61. The van der Waals surface area contributed by atoms with Crippen LogP contribution in [0.15, 0.2) is 18.2 Å². The molecule has 0 heterocycles. The molecular weight excluding hydrogens is 252 g/mol. The van der Waals surface area contributed by atoms with E-state index in [2.05, 4.69) is 0 Å². The fourth-order valence-electron chi connectivity index (χ4n) is 1.70. The number of hydrogen-bond acceptors (Lipinski definition) is 1. The second kappa shape index (κ2) is 5.40. The molecule has 1 aliphatic rings. The molecule has 0 aromatic heterocycles. The summed E-state index contributed by atoms with van der Waals surface area (Å²) < 4.78 is 0. The van der Waals surface area contributed by atoms with E-state index < -0.39 is 0 Å². The Bertz CT molecular complexity index is 316. The molecule has 2 N–H and O–H groups in total. The van der Waals surface area contributed by atoms with Crippen molar-refractivity contribution in [3.63, 3.8) is 0 Å². The minimum absolute atomic E-state index is 0. The van der Waals surface area contributed by atoms with Crippen molar-refractivity contribution < 1.29 is 0 Å². The minimum atomic E-state index is -0.0105. The van der Waals surface area contributed by atoms with E-state index in [9.17, 15) is 0 Å². The average molecular weight is 267 g/mol. The van der Waals surface area contributed by atoms with Crippen molar-refractivity contribution in [3.8, 4) is 0 Å². The molecule has 0 amide bonds. The zero-order valence-electron chi connectivity index (χ0n) is 8.25. The lowest BCUT2D eigenvalue weighted by Gasteiger charge is -2.14. The van der Waals surface area contributed by atoms with Crippen molar-refractivity contribution in [2.24, 2.45) is 11.7 Å². The van der Waals surface area contributed by atoms with E-state index in [0.717, 1.165) is 17.9 Å². The van der Waals surface area contributed by atoms with E-state index in [0.29, 0.717) is 10.0 Å². The summed E-state index contributed by atoms with van der Waals surface area (Å²) in [5, 5.41) is 1.37. The number of halogens is 3. The lowest BCUT2D eigenvalue weighted by molar-refractivity contribution is 0.597. The van der Waals surface area contributed by atoms with Crippen molar-refractivity contribution in [2.75, 3.05) is 0 Å². The third kappa shape index (κ3) is 3.25. The molecule has 0 saturated heterocycles. The summed E-state index contributed by atoms with van der Waals surface area (Å²) in [4.78, 5) is 0. The molecule has 1 aromatic carbocycles. The van der Waals surface area contributed by atoms with Crippen LogP contribution in [0.4, 0.5) is 0 Å². The monoisotopic (exact) mass is 265 g/mol. The molecule has 0 spiro atoms. The van der Waals surface area contributed by atoms with Crippen LogP contribution in [0, 0.1) is 5.92 Å². The van der Waals surface area contributed by atoms with Crippen molar-refractivity contribution in [1.29, 1.82) is 0 Å². The summed E-state index contributed by atoms with van der Waals surface area (Å²) in [5.74, 6) is 0.789. The molecule has 1 nitrogen and oxygen atoms in total. The maximum atomic E-state index is 6.07. The molecule has 4 heteroatoms. The summed E-state index contributed by atoms with van der Waals surface area (Å²) >= 11 is 12.1. The van der Waals surface area contributed by atoms with Crippen LogP contribution in [0.3, 0.4) is 0 Å². The molecule has 1 saturated carbocycles. The SMILES string of the molecule is Cl.N[C@@H](CC1CC1)c1c(Cl)cccc1Cl. The Hall–Kier alpha value is 0.0500. The Labute approximate surface area is 106 Å². The lowest BCUT2D eigenvalue weighted by atomic mass is 10.0. The largest absolute Gasteiger partial charge is 0.324 e. The van der Waals surface area contributed by atoms with Gasteiger partial charge in [-0.25, -0.2) is 0 Å². The van der Waals surface area contributed by atoms with Gasteiger partial charge in [0.2, 0.25) is 0 Å². The van der Waals surface area contributed by atoms with Gasteiger partial charge in [0.15, 0.2) is 0 Å². The highest BCUT2D eigenvalue weighted by molar-refractivity contribution is 6.36. The van der Waals surface area contributed by atoms with Gasteiger partial charge >= 0.3 is 0 Å². The van der Waals surface area contributed by atoms with Gasteiger partial charge in [-0.3, -0.25) is 0 Å². The van der Waals surface area contributed by atoms with Crippen LogP contribution in [0.5, 0.6) is 0 Å². The smallest absolute Gasteiger partial charge is 0.0468 e. The maximum Gasteiger partial charge on any atom is 0.0468 e. The molecule has 0 bridgehead atoms. The van der Waals surface area contributed by atoms with Crippen LogP contribution in [0.1, 0.15) is 30.9 Å². The van der Waals surface area contributed by atoms with Gasteiger partial charge in [0.25, 0.3) is 0 Å². The third-order valence-electron chi connectivity index (χ3n) is 2.65. The van der Waals surface area contributed by atoms with Crippen LogP contribution in [0.25, 0.3) is 0 Å². The predicted molar refractivity (Wildman–Crippen MR) is 68.0 cm³/mol. The Morgan fingerprint density at radius 2 is 1.80 bits per heavy atom. The highest BCUT2D eigenvalue weighted by Gasteiger charge is 2.26. The lowest BCUT2D eigenvalue weighted by Crippen LogP contribution is -2.12. The first-order valence-corrected chi connectivity index (χ1v) is 5.63. The zero-order valence-corrected chi connectivity index (χ0v) is 10.6. The first-order valence-electron chi connectivity index (χ1n) is 4.88. The van der Waals surface area contributed by atoms with E-state index in [1.54, 1.807) is 0 Å². The van der Waals surface area contributed by atoms with E-state index in [4.69, 9.17) is 28.9 Å². The molecule has 0 unspecified atom stereocenters. The second-order valence-electron chi connectivity index (χ2n) is 3.92. The summed E-state index contributed by atoms with van der Waals surface area (Å²) in [6, 6.07) is 5.52. The fourth-order valence-corrected chi connectivity index (χ4v) is 2.37. The van der Waals surface area contributed by atoms with E-state index in [1.165, 1.54) is 12.8 Å². The maximum absolute atomic E-state index is 6.07. The van der Waals surface area contributed by atoms with E-state index in [1.807, 2.05) is 18.2 Å². The van der Waals surface area contributed by atoms with Gasteiger partial charge in [0.1, 0.15) is 0 Å². The van der Waals surface area contributed by atoms with Crippen LogP contribution in [0.2, 0.25) is 10.0 Å². The molecule has 84 valence electrons. The molecule has 2 rings (SSSR count). The van der Waals surface area contributed by atoms with Crippen LogP contribution >= 0.6 is 35.6 Å². The minimum Gasteiger partial charge on any atom is -0.324 e. The zero-order chi connectivity index (χ0) is 10.1. The molecule has 15 heavy (non-hydrogen) atoms. The highest BCUT2D eigenvalue weighted by atomic mass is 35.5. The summed E-state index contributed by atoms with van der Waals surface area (Å²) in [7, 11) is 0. The number of rotatable bonds is 3. The standard InChI is InChI=1S/C11H13Cl2N.ClH/c12-8-2-1-3-9(13)11(8)10(14)6-7-4-5-7;/h1-3,7,10H,4-6,14H2;1H/t10-;/m0./s1. The van der Waals surface area contributed by atoms with Gasteiger partial charge in [0.05, 0.1) is 0 Å². The summed E-state index contributed by atoms with van der Waals surface area (Å²) in [6.45, 7) is 0. The summed E-state index contributed by atoms with van der Waals surface area (Å²) in [5.41, 5.74) is 6.97. The van der Waals surface area contributed by atoms with Crippen LogP contribution in [-0.4, -0.2) is 0 Å². The number of benzene rings is 1. The van der Waals surface area contributed by atoms with Gasteiger partial charge in [-0.1, -0.05) is 42.1 Å².